The van der Waals surface area contributed by atoms with Crippen LogP contribution in [0.4, 0.5) is 0 Å². The average Bonchev–Trinajstić information content (AvgIpc) is 2.77. The van der Waals surface area contributed by atoms with Crippen molar-refractivity contribution in [2.24, 2.45) is 5.92 Å². The molecule has 0 unspecified atom stereocenters. The fourth-order valence-corrected chi connectivity index (χ4v) is 3.66. The van der Waals surface area contributed by atoms with Gasteiger partial charge in [-0.3, -0.25) is 14.4 Å². The van der Waals surface area contributed by atoms with Gasteiger partial charge in [-0.2, -0.15) is 0 Å². The van der Waals surface area contributed by atoms with Gasteiger partial charge in [-0.15, -0.1) is 0 Å². The van der Waals surface area contributed by atoms with E-state index in [0.717, 1.165) is 24.2 Å². The van der Waals surface area contributed by atoms with E-state index in [4.69, 9.17) is 9.47 Å². The van der Waals surface area contributed by atoms with Crippen molar-refractivity contribution in [3.8, 4) is 11.5 Å². The van der Waals surface area contributed by atoms with Gasteiger partial charge < -0.3 is 19.7 Å². The zero-order chi connectivity index (χ0) is 22.2. The molecule has 1 aliphatic rings. The molecular weight excluding hydrogens is 396 g/mol. The topological polar surface area (TPSA) is 84.9 Å². The van der Waals surface area contributed by atoms with Gasteiger partial charge in [0.1, 0.15) is 11.5 Å². The Morgan fingerprint density at radius 3 is 2.45 bits per heavy atom. The van der Waals surface area contributed by atoms with E-state index in [-0.39, 0.29) is 11.8 Å². The number of ether oxygens (including phenoxy) is 2. The Hall–Kier alpha value is -3.35. The van der Waals surface area contributed by atoms with Crippen molar-refractivity contribution < 1.29 is 23.9 Å². The Labute approximate surface area is 182 Å². The summed E-state index contributed by atoms with van der Waals surface area (Å²) < 4.78 is 10.2. The van der Waals surface area contributed by atoms with Crippen LogP contribution in [0, 0.1) is 5.92 Å². The number of nitrogens with zero attached hydrogens (tertiary/aromatic N) is 1. The minimum atomic E-state index is -0.426. The maximum atomic E-state index is 12.6. The van der Waals surface area contributed by atoms with Gasteiger partial charge in [-0.25, -0.2) is 0 Å². The maximum Gasteiger partial charge on any atom is 0.308 e. The number of carbonyl (C=O) groups excluding carboxylic acids is 3. The number of esters is 1. The molecule has 0 spiro atoms. The lowest BCUT2D eigenvalue weighted by Gasteiger charge is -2.32. The molecule has 0 radical (unpaired) electrons. The van der Waals surface area contributed by atoms with Crippen LogP contribution in [0.25, 0.3) is 0 Å². The number of nitrogens with one attached hydrogen (secondary N) is 1. The van der Waals surface area contributed by atoms with Crippen molar-refractivity contribution in [1.82, 2.24) is 10.2 Å². The fraction of sp³-hybridized carbons (Fsp3) is 0.375. The zero-order valence-corrected chi connectivity index (χ0v) is 17.9. The van der Waals surface area contributed by atoms with Crippen molar-refractivity contribution in [2.75, 3.05) is 26.7 Å². The number of piperidine rings is 1. The van der Waals surface area contributed by atoms with E-state index in [1.54, 1.807) is 31.4 Å². The molecule has 2 aromatic carbocycles. The molecule has 3 rings (SSSR count). The second-order valence-corrected chi connectivity index (χ2v) is 7.68. The number of hydrogen-bond acceptors (Lipinski definition) is 5. The maximum absolute atomic E-state index is 12.6. The Bertz CT molecular complexity index is 935. The lowest BCUT2D eigenvalue weighted by Crippen LogP contribution is -2.42. The summed E-state index contributed by atoms with van der Waals surface area (Å²) in [6.07, 6.45) is 2.05. The Kier molecular flexibility index (Phi) is 7.65. The highest BCUT2D eigenvalue weighted by atomic mass is 16.5. The highest BCUT2D eigenvalue weighted by molar-refractivity contribution is 5.94. The van der Waals surface area contributed by atoms with E-state index in [9.17, 15) is 14.4 Å². The lowest BCUT2D eigenvalue weighted by molar-refractivity contribution is -0.132. The number of methoxy groups -OCH3 is 1. The van der Waals surface area contributed by atoms with Gasteiger partial charge in [0.05, 0.1) is 13.5 Å². The largest absolute Gasteiger partial charge is 0.497 e. The molecular formula is C24H28N2O5. The van der Waals surface area contributed by atoms with Crippen LogP contribution in [0.15, 0.2) is 48.5 Å². The van der Waals surface area contributed by atoms with Crippen LogP contribution in [-0.2, 0) is 16.0 Å². The number of benzene rings is 2. The predicted octanol–water partition coefficient (Wildman–Crippen LogP) is 2.83. The zero-order valence-electron chi connectivity index (χ0n) is 17.9. The second-order valence-electron chi connectivity index (χ2n) is 7.68. The van der Waals surface area contributed by atoms with E-state index in [0.29, 0.717) is 43.3 Å². The third-order valence-corrected chi connectivity index (χ3v) is 5.37. The number of rotatable bonds is 7. The van der Waals surface area contributed by atoms with Gasteiger partial charge >= 0.3 is 5.97 Å². The molecule has 0 atom stereocenters. The van der Waals surface area contributed by atoms with E-state index in [2.05, 4.69) is 5.32 Å². The quantitative estimate of drug-likeness (QED) is 0.546. The highest BCUT2D eigenvalue weighted by Crippen LogP contribution is 2.19. The van der Waals surface area contributed by atoms with E-state index >= 15 is 0 Å². The standard InChI is InChI=1S/C24H28N2O5/c1-17(27)31-22-8-4-6-20(15-22)24(29)25-16-18-9-11-26(12-10-18)23(28)14-19-5-3-7-21(13-19)30-2/h3-8,13,15,18H,9-12,14,16H2,1-2H3,(H,25,29). The smallest absolute Gasteiger partial charge is 0.308 e. The fourth-order valence-electron chi connectivity index (χ4n) is 3.66. The SMILES string of the molecule is COc1cccc(CC(=O)N2CCC(CNC(=O)c3cccc(OC(C)=O)c3)CC2)c1. The first-order valence-electron chi connectivity index (χ1n) is 10.4. The van der Waals surface area contributed by atoms with Crippen LogP contribution in [0.2, 0.25) is 0 Å². The number of carbonyl (C=O) groups is 3. The first-order valence-corrected chi connectivity index (χ1v) is 10.4. The van der Waals surface area contributed by atoms with Crippen LogP contribution in [-0.4, -0.2) is 49.4 Å². The van der Waals surface area contributed by atoms with Crippen molar-refractivity contribution in [1.29, 1.82) is 0 Å². The summed E-state index contributed by atoms with van der Waals surface area (Å²) in [6.45, 7) is 3.24. The summed E-state index contributed by atoms with van der Waals surface area (Å²) in [4.78, 5) is 38.0. The number of hydrogen-bond donors (Lipinski definition) is 1. The molecule has 0 bridgehead atoms. The first kappa shape index (κ1) is 22.3. The van der Waals surface area contributed by atoms with Crippen LogP contribution in [0.5, 0.6) is 11.5 Å². The second kappa shape index (κ2) is 10.6. The molecule has 2 aromatic rings. The minimum Gasteiger partial charge on any atom is -0.497 e. The molecule has 1 heterocycles. The Balaban J connectivity index is 1.44. The van der Waals surface area contributed by atoms with E-state index in [1.807, 2.05) is 29.2 Å². The van der Waals surface area contributed by atoms with Crippen LogP contribution in [0.3, 0.4) is 0 Å². The van der Waals surface area contributed by atoms with Gasteiger partial charge in [0.2, 0.25) is 5.91 Å². The summed E-state index contributed by atoms with van der Waals surface area (Å²) in [5.74, 6) is 0.899. The molecule has 164 valence electrons. The summed E-state index contributed by atoms with van der Waals surface area (Å²) in [5, 5.41) is 2.95. The highest BCUT2D eigenvalue weighted by Gasteiger charge is 2.23. The molecule has 0 saturated carbocycles. The van der Waals surface area contributed by atoms with Crippen molar-refractivity contribution in [3.05, 3.63) is 59.7 Å². The van der Waals surface area contributed by atoms with Crippen molar-refractivity contribution in [3.63, 3.8) is 0 Å². The molecule has 1 fully saturated rings. The van der Waals surface area contributed by atoms with Crippen molar-refractivity contribution >= 4 is 17.8 Å². The summed E-state index contributed by atoms with van der Waals surface area (Å²) >= 11 is 0. The van der Waals surface area contributed by atoms with E-state index < -0.39 is 5.97 Å². The molecule has 31 heavy (non-hydrogen) atoms. The van der Waals surface area contributed by atoms with Gasteiger partial charge in [0, 0.05) is 32.1 Å². The summed E-state index contributed by atoms with van der Waals surface area (Å²) in [5.41, 5.74) is 1.39. The Morgan fingerprint density at radius 1 is 1.03 bits per heavy atom. The van der Waals surface area contributed by atoms with Crippen molar-refractivity contribution in [2.45, 2.75) is 26.2 Å². The van der Waals surface area contributed by atoms with Crippen LogP contribution < -0.4 is 14.8 Å². The third-order valence-electron chi connectivity index (χ3n) is 5.37. The number of likely N-dealkylation sites (tertiary alicyclic amines) is 1. The first-order chi connectivity index (χ1) is 14.9. The summed E-state index contributed by atoms with van der Waals surface area (Å²) in [6, 6.07) is 14.1. The van der Waals surface area contributed by atoms with E-state index in [1.165, 1.54) is 6.92 Å². The normalized spacial score (nSPS) is 14.1. The minimum absolute atomic E-state index is 0.109. The lowest BCUT2D eigenvalue weighted by atomic mass is 9.96. The summed E-state index contributed by atoms with van der Waals surface area (Å²) in [7, 11) is 1.61. The third kappa shape index (κ3) is 6.57. The molecule has 7 heteroatoms. The van der Waals surface area contributed by atoms with Gasteiger partial charge in [0.15, 0.2) is 0 Å². The van der Waals surface area contributed by atoms with Gasteiger partial charge in [-0.1, -0.05) is 18.2 Å². The predicted molar refractivity (Wildman–Crippen MR) is 116 cm³/mol. The average molecular weight is 424 g/mol. The van der Waals surface area contributed by atoms with Crippen LogP contribution in [0.1, 0.15) is 35.7 Å². The molecule has 0 aromatic heterocycles. The molecule has 1 aliphatic heterocycles. The molecule has 7 nitrogen and oxygen atoms in total. The monoisotopic (exact) mass is 424 g/mol. The number of amides is 2. The van der Waals surface area contributed by atoms with Crippen LogP contribution >= 0.6 is 0 Å². The Morgan fingerprint density at radius 2 is 1.74 bits per heavy atom. The molecule has 1 saturated heterocycles. The molecule has 0 aliphatic carbocycles. The van der Waals surface area contributed by atoms with Gasteiger partial charge in [0.25, 0.3) is 5.91 Å². The molecule has 1 N–H and O–H groups in total. The molecule has 2 amide bonds. The van der Waals surface area contributed by atoms with Gasteiger partial charge in [-0.05, 0) is 54.7 Å².